The van der Waals surface area contributed by atoms with Gasteiger partial charge in [-0.3, -0.25) is 9.59 Å². The summed E-state index contributed by atoms with van der Waals surface area (Å²) in [7, 11) is -3.78. The summed E-state index contributed by atoms with van der Waals surface area (Å²) in [6.07, 6.45) is 0. The number of morpholine rings is 1. The molecule has 0 bridgehead atoms. The van der Waals surface area contributed by atoms with Crippen molar-refractivity contribution in [3.05, 3.63) is 24.3 Å². The number of benzene rings is 1. The zero-order valence-corrected chi connectivity index (χ0v) is 11.9. The third kappa shape index (κ3) is 4.00. The van der Waals surface area contributed by atoms with E-state index in [1.807, 2.05) is 0 Å². The first kappa shape index (κ1) is 15.4. The van der Waals surface area contributed by atoms with Crippen LogP contribution in [0.3, 0.4) is 0 Å². The molecule has 0 spiro atoms. The van der Waals surface area contributed by atoms with E-state index in [4.69, 9.17) is 9.88 Å². The number of sulfonamides is 1. The van der Waals surface area contributed by atoms with Crippen molar-refractivity contribution in [2.24, 2.45) is 5.14 Å². The van der Waals surface area contributed by atoms with Gasteiger partial charge < -0.3 is 15.0 Å². The second kappa shape index (κ2) is 6.20. The third-order valence-corrected chi connectivity index (χ3v) is 3.86. The van der Waals surface area contributed by atoms with E-state index in [0.29, 0.717) is 32.0 Å². The molecule has 0 unspecified atom stereocenters. The van der Waals surface area contributed by atoms with Gasteiger partial charge >= 0.3 is 11.8 Å². The van der Waals surface area contributed by atoms with Crippen LogP contribution in [0.25, 0.3) is 0 Å². The molecule has 0 atom stereocenters. The minimum atomic E-state index is -3.78. The van der Waals surface area contributed by atoms with E-state index in [1.165, 1.54) is 29.2 Å². The number of carbonyl (C=O) groups excluding carboxylic acids is 2. The Balaban J connectivity index is 2.00. The molecule has 0 aromatic heterocycles. The first-order valence-corrected chi connectivity index (χ1v) is 7.73. The Morgan fingerprint density at radius 3 is 2.24 bits per heavy atom. The number of nitrogens with two attached hydrogens (primary N) is 1. The average Bonchev–Trinajstić information content (AvgIpc) is 2.47. The van der Waals surface area contributed by atoms with Gasteiger partial charge in [-0.05, 0) is 24.3 Å². The highest BCUT2D eigenvalue weighted by Gasteiger charge is 2.23. The molecule has 0 radical (unpaired) electrons. The minimum absolute atomic E-state index is 0.0694. The molecule has 0 saturated carbocycles. The molecule has 2 rings (SSSR count). The largest absolute Gasteiger partial charge is 0.378 e. The average molecular weight is 313 g/mol. The van der Waals surface area contributed by atoms with Crippen LogP contribution in [0.5, 0.6) is 0 Å². The lowest BCUT2D eigenvalue weighted by Crippen LogP contribution is -2.45. The molecule has 1 aromatic rings. The molecule has 21 heavy (non-hydrogen) atoms. The van der Waals surface area contributed by atoms with Gasteiger partial charge in [0.1, 0.15) is 0 Å². The summed E-state index contributed by atoms with van der Waals surface area (Å²) < 4.78 is 27.3. The van der Waals surface area contributed by atoms with Crippen molar-refractivity contribution in [3.8, 4) is 0 Å². The standard InChI is InChI=1S/C12H15N3O5S/c13-21(18,19)10-3-1-9(2-4-10)14-11(16)12(17)15-5-7-20-8-6-15/h1-4H,5-8H2,(H,14,16)(H2,13,18,19). The lowest BCUT2D eigenvalue weighted by atomic mass is 10.3. The van der Waals surface area contributed by atoms with E-state index in [9.17, 15) is 18.0 Å². The van der Waals surface area contributed by atoms with Gasteiger partial charge in [0.25, 0.3) is 0 Å². The van der Waals surface area contributed by atoms with Crippen molar-refractivity contribution in [1.29, 1.82) is 0 Å². The SMILES string of the molecule is NS(=O)(=O)c1ccc(NC(=O)C(=O)N2CCOCC2)cc1. The highest BCUT2D eigenvalue weighted by atomic mass is 32.2. The van der Waals surface area contributed by atoms with E-state index < -0.39 is 21.8 Å². The third-order valence-electron chi connectivity index (χ3n) is 2.93. The van der Waals surface area contributed by atoms with Gasteiger partial charge in [0.2, 0.25) is 10.0 Å². The van der Waals surface area contributed by atoms with Gasteiger partial charge in [0, 0.05) is 18.8 Å². The molecular formula is C12H15N3O5S. The number of rotatable bonds is 2. The zero-order chi connectivity index (χ0) is 15.5. The maximum atomic E-state index is 11.9. The Labute approximate surface area is 121 Å². The van der Waals surface area contributed by atoms with E-state index in [-0.39, 0.29) is 4.90 Å². The molecule has 8 nitrogen and oxygen atoms in total. The van der Waals surface area contributed by atoms with Crippen LogP contribution in [0.15, 0.2) is 29.2 Å². The van der Waals surface area contributed by atoms with Crippen LogP contribution in [0.2, 0.25) is 0 Å². The molecular weight excluding hydrogens is 298 g/mol. The summed E-state index contributed by atoms with van der Waals surface area (Å²) >= 11 is 0. The molecule has 1 aliphatic heterocycles. The quantitative estimate of drug-likeness (QED) is 0.688. The zero-order valence-electron chi connectivity index (χ0n) is 11.1. The van der Waals surface area contributed by atoms with Crippen molar-refractivity contribution in [3.63, 3.8) is 0 Å². The van der Waals surface area contributed by atoms with Gasteiger partial charge in [-0.1, -0.05) is 0 Å². The maximum absolute atomic E-state index is 11.9. The molecule has 2 amide bonds. The highest BCUT2D eigenvalue weighted by molar-refractivity contribution is 7.89. The first-order chi connectivity index (χ1) is 9.88. The number of anilines is 1. The van der Waals surface area contributed by atoms with Gasteiger partial charge in [-0.15, -0.1) is 0 Å². The van der Waals surface area contributed by atoms with E-state index in [2.05, 4.69) is 5.32 Å². The van der Waals surface area contributed by atoms with Gasteiger partial charge in [0.15, 0.2) is 0 Å². The van der Waals surface area contributed by atoms with Crippen LogP contribution < -0.4 is 10.5 Å². The molecule has 114 valence electrons. The predicted molar refractivity (Wildman–Crippen MR) is 73.8 cm³/mol. The molecule has 1 aromatic carbocycles. The predicted octanol–water partition coefficient (Wildman–Crippen LogP) is -0.869. The monoisotopic (exact) mass is 313 g/mol. The molecule has 1 aliphatic rings. The smallest absolute Gasteiger partial charge is 0.313 e. The van der Waals surface area contributed by atoms with Crippen LogP contribution in [0.1, 0.15) is 0 Å². The van der Waals surface area contributed by atoms with Crippen molar-refractivity contribution in [2.75, 3.05) is 31.6 Å². The number of hydrogen-bond acceptors (Lipinski definition) is 5. The number of amides is 2. The summed E-state index contributed by atoms with van der Waals surface area (Å²) in [5, 5.41) is 7.38. The number of carbonyl (C=O) groups is 2. The van der Waals surface area contributed by atoms with Gasteiger partial charge in [-0.2, -0.15) is 0 Å². The van der Waals surface area contributed by atoms with Crippen LogP contribution in [-0.2, 0) is 24.3 Å². The van der Waals surface area contributed by atoms with Crippen molar-refractivity contribution >= 4 is 27.5 Å². The Hall–Kier alpha value is -1.97. The molecule has 9 heteroatoms. The van der Waals surface area contributed by atoms with Crippen LogP contribution in [0, 0.1) is 0 Å². The fraction of sp³-hybridized carbons (Fsp3) is 0.333. The van der Waals surface area contributed by atoms with E-state index in [1.54, 1.807) is 0 Å². The molecule has 1 saturated heterocycles. The van der Waals surface area contributed by atoms with Crippen molar-refractivity contribution in [2.45, 2.75) is 4.90 Å². The summed E-state index contributed by atoms with van der Waals surface area (Å²) in [5.74, 6) is -1.42. The van der Waals surface area contributed by atoms with E-state index >= 15 is 0 Å². The van der Waals surface area contributed by atoms with E-state index in [0.717, 1.165) is 0 Å². The summed E-state index contributed by atoms with van der Waals surface area (Å²) in [4.78, 5) is 25.0. The molecule has 3 N–H and O–H groups in total. The number of ether oxygens (including phenoxy) is 1. The Morgan fingerprint density at radius 2 is 1.71 bits per heavy atom. The highest BCUT2D eigenvalue weighted by Crippen LogP contribution is 2.13. The Kier molecular flexibility index (Phi) is 4.56. The summed E-state index contributed by atoms with van der Waals surface area (Å²) in [5.41, 5.74) is 0.314. The Bertz CT molecular complexity index is 635. The number of nitrogens with one attached hydrogen (secondary N) is 1. The Morgan fingerprint density at radius 1 is 1.14 bits per heavy atom. The molecule has 1 fully saturated rings. The minimum Gasteiger partial charge on any atom is -0.378 e. The summed E-state index contributed by atoms with van der Waals surface area (Å²) in [6.45, 7) is 1.55. The second-order valence-corrected chi connectivity index (χ2v) is 5.99. The van der Waals surface area contributed by atoms with Crippen LogP contribution >= 0.6 is 0 Å². The van der Waals surface area contributed by atoms with Crippen molar-refractivity contribution in [1.82, 2.24) is 4.90 Å². The first-order valence-electron chi connectivity index (χ1n) is 6.19. The fourth-order valence-corrected chi connectivity index (χ4v) is 2.34. The number of hydrogen-bond donors (Lipinski definition) is 2. The maximum Gasteiger partial charge on any atom is 0.313 e. The van der Waals surface area contributed by atoms with Crippen molar-refractivity contribution < 1.29 is 22.7 Å². The summed E-state index contributed by atoms with van der Waals surface area (Å²) in [6, 6.07) is 5.24. The number of primary sulfonamides is 1. The molecule has 0 aliphatic carbocycles. The topological polar surface area (TPSA) is 119 Å². The lowest BCUT2D eigenvalue weighted by molar-refractivity contribution is -0.145. The van der Waals surface area contributed by atoms with Crippen LogP contribution in [-0.4, -0.2) is 51.4 Å². The molecule has 1 heterocycles. The number of nitrogens with zero attached hydrogens (tertiary/aromatic N) is 1. The lowest BCUT2D eigenvalue weighted by Gasteiger charge is -2.26. The fourth-order valence-electron chi connectivity index (χ4n) is 1.82. The van der Waals surface area contributed by atoms with Gasteiger partial charge in [-0.25, -0.2) is 13.6 Å². The normalized spacial score (nSPS) is 15.6. The van der Waals surface area contributed by atoms with Crippen LogP contribution in [0.4, 0.5) is 5.69 Å². The van der Waals surface area contributed by atoms with Gasteiger partial charge in [0.05, 0.1) is 18.1 Å². The second-order valence-electron chi connectivity index (χ2n) is 4.43.